The van der Waals surface area contributed by atoms with Crippen LogP contribution >= 0.6 is 11.6 Å². The van der Waals surface area contributed by atoms with Gasteiger partial charge in [0.25, 0.3) is 0 Å². The number of likely N-dealkylation sites (tertiary alicyclic amines) is 1. The van der Waals surface area contributed by atoms with Gasteiger partial charge >= 0.3 is 0 Å². The Morgan fingerprint density at radius 1 is 1.24 bits per heavy atom. The summed E-state index contributed by atoms with van der Waals surface area (Å²) in [5.41, 5.74) is 1.05. The molecule has 1 aliphatic heterocycles. The first kappa shape index (κ1) is 12.8. The maximum Gasteiger partial charge on any atom is 0.0589 e. The fourth-order valence-corrected chi connectivity index (χ4v) is 2.26. The van der Waals surface area contributed by atoms with Gasteiger partial charge in [-0.05, 0) is 38.1 Å². The second-order valence-electron chi connectivity index (χ2n) is 4.55. The van der Waals surface area contributed by atoms with Crippen LogP contribution in [0.25, 0.3) is 0 Å². The predicted molar refractivity (Wildman–Crippen MR) is 71.2 cm³/mol. The van der Waals surface area contributed by atoms with E-state index in [0.29, 0.717) is 5.02 Å². The molecule has 0 bridgehead atoms. The van der Waals surface area contributed by atoms with E-state index in [1.165, 1.54) is 32.4 Å². The SMILES string of the molecule is Clc1ccc(CNCCN2CCCCC2)nc1. The van der Waals surface area contributed by atoms with Crippen LogP contribution in [0, 0.1) is 0 Å². The maximum atomic E-state index is 5.78. The summed E-state index contributed by atoms with van der Waals surface area (Å²) in [4.78, 5) is 6.79. The largest absolute Gasteiger partial charge is 0.310 e. The summed E-state index contributed by atoms with van der Waals surface area (Å²) in [6, 6.07) is 3.85. The number of halogens is 1. The number of hydrogen-bond donors (Lipinski definition) is 1. The molecule has 1 aromatic rings. The summed E-state index contributed by atoms with van der Waals surface area (Å²) in [7, 11) is 0. The van der Waals surface area contributed by atoms with Crippen molar-refractivity contribution in [3.05, 3.63) is 29.0 Å². The molecule has 1 saturated heterocycles. The van der Waals surface area contributed by atoms with Gasteiger partial charge in [0.15, 0.2) is 0 Å². The van der Waals surface area contributed by atoms with Gasteiger partial charge in [0.1, 0.15) is 0 Å². The van der Waals surface area contributed by atoms with E-state index in [0.717, 1.165) is 25.3 Å². The topological polar surface area (TPSA) is 28.2 Å². The van der Waals surface area contributed by atoms with E-state index in [2.05, 4.69) is 15.2 Å². The van der Waals surface area contributed by atoms with Crippen molar-refractivity contribution in [1.82, 2.24) is 15.2 Å². The van der Waals surface area contributed by atoms with Crippen molar-refractivity contribution in [2.75, 3.05) is 26.2 Å². The molecule has 0 aromatic carbocycles. The molecule has 17 heavy (non-hydrogen) atoms. The Hall–Kier alpha value is -0.640. The van der Waals surface area contributed by atoms with Gasteiger partial charge in [-0.1, -0.05) is 18.0 Å². The smallest absolute Gasteiger partial charge is 0.0589 e. The van der Waals surface area contributed by atoms with Crippen LogP contribution in [0.4, 0.5) is 0 Å². The second kappa shape index (κ2) is 6.94. The molecule has 1 aromatic heterocycles. The van der Waals surface area contributed by atoms with Crippen LogP contribution in [-0.4, -0.2) is 36.1 Å². The summed E-state index contributed by atoms with van der Waals surface area (Å²) >= 11 is 5.78. The number of nitrogens with zero attached hydrogens (tertiary/aromatic N) is 2. The average molecular weight is 254 g/mol. The van der Waals surface area contributed by atoms with E-state index in [1.54, 1.807) is 6.20 Å². The normalized spacial score (nSPS) is 17.2. The summed E-state index contributed by atoms with van der Waals surface area (Å²) in [5, 5.41) is 4.12. The molecule has 0 saturated carbocycles. The molecule has 0 atom stereocenters. The van der Waals surface area contributed by atoms with E-state index in [1.807, 2.05) is 12.1 Å². The van der Waals surface area contributed by atoms with Crippen LogP contribution in [-0.2, 0) is 6.54 Å². The lowest BCUT2D eigenvalue weighted by molar-refractivity contribution is 0.229. The molecular weight excluding hydrogens is 234 g/mol. The van der Waals surface area contributed by atoms with Crippen LogP contribution in [0.1, 0.15) is 25.0 Å². The quantitative estimate of drug-likeness (QED) is 0.817. The molecule has 2 rings (SSSR count). The van der Waals surface area contributed by atoms with Crippen molar-refractivity contribution >= 4 is 11.6 Å². The number of nitrogens with one attached hydrogen (secondary N) is 1. The highest BCUT2D eigenvalue weighted by Gasteiger charge is 2.08. The van der Waals surface area contributed by atoms with Gasteiger partial charge in [0.2, 0.25) is 0 Å². The predicted octanol–water partition coefficient (Wildman–Crippen LogP) is 2.31. The minimum absolute atomic E-state index is 0.696. The molecule has 94 valence electrons. The Labute approximate surface area is 108 Å². The number of rotatable bonds is 5. The van der Waals surface area contributed by atoms with E-state index >= 15 is 0 Å². The second-order valence-corrected chi connectivity index (χ2v) is 4.98. The van der Waals surface area contributed by atoms with Gasteiger partial charge in [0, 0.05) is 25.8 Å². The molecule has 0 radical (unpaired) electrons. The number of piperidine rings is 1. The molecule has 4 heteroatoms. The Kier molecular flexibility index (Phi) is 5.23. The van der Waals surface area contributed by atoms with E-state index in [-0.39, 0.29) is 0 Å². The first-order valence-electron chi connectivity index (χ1n) is 6.38. The third-order valence-corrected chi connectivity index (χ3v) is 3.37. The Morgan fingerprint density at radius 2 is 2.06 bits per heavy atom. The fraction of sp³-hybridized carbons (Fsp3) is 0.615. The molecule has 0 amide bonds. The van der Waals surface area contributed by atoms with Crippen molar-refractivity contribution in [2.45, 2.75) is 25.8 Å². The summed E-state index contributed by atoms with van der Waals surface area (Å²) in [5.74, 6) is 0. The highest BCUT2D eigenvalue weighted by molar-refractivity contribution is 6.30. The zero-order valence-corrected chi connectivity index (χ0v) is 10.9. The van der Waals surface area contributed by atoms with Crippen molar-refractivity contribution in [2.24, 2.45) is 0 Å². The first-order valence-corrected chi connectivity index (χ1v) is 6.76. The minimum Gasteiger partial charge on any atom is -0.310 e. The highest BCUT2D eigenvalue weighted by atomic mass is 35.5. The standard InChI is InChI=1S/C13H20ClN3/c14-12-4-5-13(16-10-12)11-15-6-9-17-7-2-1-3-8-17/h4-5,10,15H,1-3,6-9,11H2. The van der Waals surface area contributed by atoms with Crippen molar-refractivity contribution in [3.8, 4) is 0 Å². The number of aromatic nitrogens is 1. The minimum atomic E-state index is 0.696. The van der Waals surface area contributed by atoms with Gasteiger partial charge in [-0.15, -0.1) is 0 Å². The molecule has 1 aliphatic rings. The average Bonchev–Trinajstić information content (AvgIpc) is 2.38. The number of hydrogen-bond acceptors (Lipinski definition) is 3. The van der Waals surface area contributed by atoms with Gasteiger partial charge in [0.05, 0.1) is 10.7 Å². The van der Waals surface area contributed by atoms with E-state index < -0.39 is 0 Å². The van der Waals surface area contributed by atoms with Crippen molar-refractivity contribution < 1.29 is 0 Å². The molecule has 2 heterocycles. The van der Waals surface area contributed by atoms with Gasteiger partial charge in [-0.2, -0.15) is 0 Å². The zero-order valence-electron chi connectivity index (χ0n) is 10.2. The van der Waals surface area contributed by atoms with Gasteiger partial charge < -0.3 is 10.2 Å². The molecule has 3 nitrogen and oxygen atoms in total. The molecule has 1 N–H and O–H groups in total. The first-order chi connectivity index (χ1) is 8.34. The van der Waals surface area contributed by atoms with Crippen LogP contribution in [0.3, 0.4) is 0 Å². The third kappa shape index (κ3) is 4.62. The van der Waals surface area contributed by atoms with Crippen molar-refractivity contribution in [1.29, 1.82) is 0 Å². The maximum absolute atomic E-state index is 5.78. The lowest BCUT2D eigenvalue weighted by atomic mass is 10.1. The molecule has 0 aliphatic carbocycles. The van der Waals surface area contributed by atoms with E-state index in [4.69, 9.17) is 11.6 Å². The van der Waals surface area contributed by atoms with Crippen LogP contribution in [0.5, 0.6) is 0 Å². The molecule has 1 fully saturated rings. The Balaban J connectivity index is 1.60. The molecular formula is C13H20ClN3. The lowest BCUT2D eigenvalue weighted by Crippen LogP contribution is -2.35. The number of pyridine rings is 1. The third-order valence-electron chi connectivity index (χ3n) is 3.15. The summed E-state index contributed by atoms with van der Waals surface area (Å²) in [6.07, 6.45) is 5.82. The van der Waals surface area contributed by atoms with E-state index in [9.17, 15) is 0 Å². The molecule has 0 spiro atoms. The van der Waals surface area contributed by atoms with Crippen molar-refractivity contribution in [3.63, 3.8) is 0 Å². The lowest BCUT2D eigenvalue weighted by Gasteiger charge is -2.26. The summed E-state index contributed by atoms with van der Waals surface area (Å²) < 4.78 is 0. The monoisotopic (exact) mass is 253 g/mol. The zero-order chi connectivity index (χ0) is 11.9. The van der Waals surface area contributed by atoms with Gasteiger partial charge in [-0.25, -0.2) is 0 Å². The highest BCUT2D eigenvalue weighted by Crippen LogP contribution is 2.07. The van der Waals surface area contributed by atoms with Crippen LogP contribution in [0.15, 0.2) is 18.3 Å². The Morgan fingerprint density at radius 3 is 2.76 bits per heavy atom. The van der Waals surface area contributed by atoms with Gasteiger partial charge in [-0.3, -0.25) is 4.98 Å². The fourth-order valence-electron chi connectivity index (χ4n) is 2.15. The molecule has 0 unspecified atom stereocenters. The summed E-state index contributed by atoms with van der Waals surface area (Å²) in [6.45, 7) is 5.53. The van der Waals surface area contributed by atoms with Crippen LogP contribution < -0.4 is 5.32 Å². The Bertz CT molecular complexity index is 320. The van der Waals surface area contributed by atoms with Crippen LogP contribution in [0.2, 0.25) is 5.02 Å².